The van der Waals surface area contributed by atoms with Crippen LogP contribution in [0.3, 0.4) is 0 Å². The SMILES string of the molecule is CSc1cccc2c(N)ccnc12. The molecule has 0 aliphatic carbocycles. The fourth-order valence-corrected chi connectivity index (χ4v) is 1.91. The molecule has 0 aliphatic rings. The molecular formula is C10H10N2S. The molecule has 1 aromatic carbocycles. The summed E-state index contributed by atoms with van der Waals surface area (Å²) in [5.41, 5.74) is 7.62. The molecule has 2 rings (SSSR count). The van der Waals surface area contributed by atoms with Gasteiger partial charge in [-0.1, -0.05) is 12.1 Å². The largest absolute Gasteiger partial charge is 0.398 e. The third-order valence-electron chi connectivity index (χ3n) is 1.99. The highest BCUT2D eigenvalue weighted by atomic mass is 32.2. The molecule has 3 heteroatoms. The number of fused-ring (bicyclic) bond motifs is 1. The van der Waals surface area contributed by atoms with E-state index in [0.717, 1.165) is 16.6 Å². The third kappa shape index (κ3) is 1.35. The number of para-hydroxylation sites is 1. The Kier molecular flexibility index (Phi) is 2.10. The molecular weight excluding hydrogens is 180 g/mol. The number of rotatable bonds is 1. The predicted molar refractivity (Wildman–Crippen MR) is 57.9 cm³/mol. The molecule has 0 bridgehead atoms. The highest BCUT2D eigenvalue weighted by Crippen LogP contribution is 2.27. The lowest BCUT2D eigenvalue weighted by atomic mass is 10.2. The van der Waals surface area contributed by atoms with Crippen molar-refractivity contribution in [2.75, 3.05) is 12.0 Å². The van der Waals surface area contributed by atoms with Gasteiger partial charge in [-0.3, -0.25) is 4.98 Å². The van der Waals surface area contributed by atoms with Crippen molar-refractivity contribution >= 4 is 28.4 Å². The highest BCUT2D eigenvalue weighted by molar-refractivity contribution is 7.98. The Bertz CT molecular complexity index is 440. The number of thioether (sulfide) groups is 1. The fraction of sp³-hybridized carbons (Fsp3) is 0.100. The van der Waals surface area contributed by atoms with Gasteiger partial charge in [-0.05, 0) is 18.4 Å². The summed E-state index contributed by atoms with van der Waals surface area (Å²) in [6, 6.07) is 7.88. The predicted octanol–water partition coefficient (Wildman–Crippen LogP) is 2.54. The monoisotopic (exact) mass is 190 g/mol. The van der Waals surface area contributed by atoms with Crippen LogP contribution < -0.4 is 5.73 Å². The number of nitrogens with two attached hydrogens (primary N) is 1. The van der Waals surface area contributed by atoms with Gasteiger partial charge >= 0.3 is 0 Å². The molecule has 1 heterocycles. The zero-order valence-electron chi connectivity index (χ0n) is 7.32. The maximum Gasteiger partial charge on any atom is 0.0858 e. The second-order valence-electron chi connectivity index (χ2n) is 2.76. The second-order valence-corrected chi connectivity index (χ2v) is 3.60. The van der Waals surface area contributed by atoms with E-state index >= 15 is 0 Å². The van der Waals surface area contributed by atoms with E-state index in [1.54, 1.807) is 18.0 Å². The van der Waals surface area contributed by atoms with E-state index in [2.05, 4.69) is 11.1 Å². The Morgan fingerprint density at radius 1 is 1.31 bits per heavy atom. The Morgan fingerprint density at radius 3 is 2.92 bits per heavy atom. The zero-order chi connectivity index (χ0) is 9.26. The van der Waals surface area contributed by atoms with Crippen molar-refractivity contribution in [3.05, 3.63) is 30.5 Å². The molecule has 0 saturated carbocycles. The van der Waals surface area contributed by atoms with Crippen LogP contribution in [0.1, 0.15) is 0 Å². The van der Waals surface area contributed by atoms with Gasteiger partial charge in [-0.2, -0.15) is 0 Å². The van der Waals surface area contributed by atoms with Crippen LogP contribution in [0.25, 0.3) is 10.9 Å². The number of anilines is 1. The minimum absolute atomic E-state index is 0.793. The summed E-state index contributed by atoms with van der Waals surface area (Å²) in [6.45, 7) is 0. The van der Waals surface area contributed by atoms with Crippen LogP contribution in [-0.4, -0.2) is 11.2 Å². The van der Waals surface area contributed by atoms with Gasteiger partial charge in [-0.25, -0.2) is 0 Å². The minimum Gasteiger partial charge on any atom is -0.398 e. The number of hydrogen-bond donors (Lipinski definition) is 1. The van der Waals surface area contributed by atoms with Crippen LogP contribution in [0.2, 0.25) is 0 Å². The molecule has 1 aromatic heterocycles. The lowest BCUT2D eigenvalue weighted by Gasteiger charge is -2.03. The van der Waals surface area contributed by atoms with Crippen molar-refractivity contribution in [3.8, 4) is 0 Å². The summed E-state index contributed by atoms with van der Waals surface area (Å²) in [5, 5.41) is 1.04. The van der Waals surface area contributed by atoms with E-state index < -0.39 is 0 Å². The number of benzene rings is 1. The van der Waals surface area contributed by atoms with E-state index in [1.807, 2.05) is 24.5 Å². The molecule has 2 N–H and O–H groups in total. The van der Waals surface area contributed by atoms with E-state index in [1.165, 1.54) is 4.90 Å². The standard InChI is InChI=1S/C10H10N2S/c1-13-9-4-2-3-7-8(11)5-6-12-10(7)9/h2-6H,1H3,(H2,11,12). The quantitative estimate of drug-likeness (QED) is 0.702. The first-order valence-electron chi connectivity index (χ1n) is 4.00. The highest BCUT2D eigenvalue weighted by Gasteiger charge is 2.02. The van der Waals surface area contributed by atoms with Crippen LogP contribution in [0.4, 0.5) is 5.69 Å². The molecule has 0 spiro atoms. The average Bonchev–Trinajstić information content (AvgIpc) is 2.18. The summed E-state index contributed by atoms with van der Waals surface area (Å²) in [7, 11) is 0. The molecule has 0 saturated heterocycles. The molecule has 0 atom stereocenters. The number of nitrogens with zero attached hydrogens (tertiary/aromatic N) is 1. The van der Waals surface area contributed by atoms with E-state index in [0.29, 0.717) is 0 Å². The number of pyridine rings is 1. The molecule has 0 amide bonds. The molecule has 2 nitrogen and oxygen atoms in total. The maximum atomic E-state index is 5.83. The smallest absolute Gasteiger partial charge is 0.0858 e. The second kappa shape index (κ2) is 3.26. The molecule has 0 aliphatic heterocycles. The van der Waals surface area contributed by atoms with Crippen molar-refractivity contribution in [1.29, 1.82) is 0 Å². The maximum absolute atomic E-state index is 5.83. The lowest BCUT2D eigenvalue weighted by Crippen LogP contribution is -1.89. The molecule has 0 radical (unpaired) electrons. The fourth-order valence-electron chi connectivity index (χ4n) is 1.34. The molecule has 13 heavy (non-hydrogen) atoms. The van der Waals surface area contributed by atoms with E-state index in [9.17, 15) is 0 Å². The van der Waals surface area contributed by atoms with Gasteiger partial charge in [0, 0.05) is 22.2 Å². The minimum atomic E-state index is 0.793. The van der Waals surface area contributed by atoms with Gasteiger partial charge in [0.05, 0.1) is 5.52 Å². The van der Waals surface area contributed by atoms with Crippen LogP contribution >= 0.6 is 11.8 Å². The van der Waals surface area contributed by atoms with Gasteiger partial charge in [0.25, 0.3) is 0 Å². The van der Waals surface area contributed by atoms with E-state index in [-0.39, 0.29) is 0 Å². The summed E-state index contributed by atoms with van der Waals surface area (Å²) in [5.74, 6) is 0. The number of aromatic nitrogens is 1. The number of hydrogen-bond acceptors (Lipinski definition) is 3. The Morgan fingerprint density at radius 2 is 2.15 bits per heavy atom. The first-order valence-corrected chi connectivity index (χ1v) is 5.22. The molecule has 0 unspecified atom stereocenters. The lowest BCUT2D eigenvalue weighted by molar-refractivity contribution is 1.35. The average molecular weight is 190 g/mol. The number of nitrogen functional groups attached to an aromatic ring is 1. The van der Waals surface area contributed by atoms with Gasteiger partial charge in [-0.15, -0.1) is 11.8 Å². The molecule has 2 aromatic rings. The third-order valence-corrected chi connectivity index (χ3v) is 2.76. The van der Waals surface area contributed by atoms with Gasteiger partial charge in [0.15, 0.2) is 0 Å². The zero-order valence-corrected chi connectivity index (χ0v) is 8.14. The van der Waals surface area contributed by atoms with Crippen molar-refractivity contribution in [1.82, 2.24) is 4.98 Å². The van der Waals surface area contributed by atoms with Crippen molar-refractivity contribution < 1.29 is 0 Å². The summed E-state index contributed by atoms with van der Waals surface area (Å²) in [6.07, 6.45) is 3.79. The van der Waals surface area contributed by atoms with Crippen molar-refractivity contribution in [3.63, 3.8) is 0 Å². The van der Waals surface area contributed by atoms with Crippen LogP contribution in [0.5, 0.6) is 0 Å². The Balaban J connectivity index is 2.84. The van der Waals surface area contributed by atoms with E-state index in [4.69, 9.17) is 5.73 Å². The van der Waals surface area contributed by atoms with Crippen molar-refractivity contribution in [2.45, 2.75) is 4.90 Å². The summed E-state index contributed by atoms with van der Waals surface area (Å²) in [4.78, 5) is 5.48. The van der Waals surface area contributed by atoms with Gasteiger partial charge in [0.1, 0.15) is 0 Å². The summed E-state index contributed by atoms with van der Waals surface area (Å²) < 4.78 is 0. The Labute approximate surface area is 81.2 Å². The normalized spacial score (nSPS) is 10.5. The Hall–Kier alpha value is -1.22. The summed E-state index contributed by atoms with van der Waals surface area (Å²) >= 11 is 1.69. The topological polar surface area (TPSA) is 38.9 Å². The van der Waals surface area contributed by atoms with Crippen molar-refractivity contribution in [2.24, 2.45) is 0 Å². The van der Waals surface area contributed by atoms with Crippen LogP contribution in [0.15, 0.2) is 35.4 Å². The first kappa shape index (κ1) is 8.38. The molecule has 0 fully saturated rings. The van der Waals surface area contributed by atoms with Crippen LogP contribution in [0, 0.1) is 0 Å². The van der Waals surface area contributed by atoms with Gasteiger partial charge in [0.2, 0.25) is 0 Å². The molecule has 66 valence electrons. The first-order chi connectivity index (χ1) is 6.33. The van der Waals surface area contributed by atoms with Gasteiger partial charge < -0.3 is 5.73 Å². The van der Waals surface area contributed by atoms with Crippen LogP contribution in [-0.2, 0) is 0 Å².